The second kappa shape index (κ2) is 8.52. The Hall–Kier alpha value is -2.43. The zero-order valence-corrected chi connectivity index (χ0v) is 16.9. The van der Waals surface area contributed by atoms with Crippen LogP contribution in [0.1, 0.15) is 76.2 Å². The Morgan fingerprint density at radius 3 is 2.41 bits per heavy atom. The summed E-state index contributed by atoms with van der Waals surface area (Å²) in [6.07, 6.45) is 8.27. The molecule has 1 aromatic carbocycles. The van der Waals surface area contributed by atoms with Crippen LogP contribution >= 0.6 is 0 Å². The highest BCUT2D eigenvalue weighted by Gasteiger charge is 2.39. The first-order valence-electron chi connectivity index (χ1n) is 10.7. The van der Waals surface area contributed by atoms with Crippen LogP contribution in [0.4, 0.5) is 4.39 Å². The van der Waals surface area contributed by atoms with Gasteiger partial charge in [-0.15, -0.1) is 0 Å². The van der Waals surface area contributed by atoms with Crippen LogP contribution in [0.3, 0.4) is 0 Å². The van der Waals surface area contributed by atoms with E-state index in [1.54, 1.807) is 12.1 Å². The fraction of sp³-hybridized carbons (Fsp3) is 0.500. The number of ketones is 1. The van der Waals surface area contributed by atoms with E-state index in [2.05, 4.69) is 5.32 Å². The van der Waals surface area contributed by atoms with Gasteiger partial charge in [-0.2, -0.15) is 0 Å². The lowest BCUT2D eigenvalue weighted by atomic mass is 9.75. The molecule has 4 nitrogen and oxygen atoms in total. The maximum absolute atomic E-state index is 13.5. The van der Waals surface area contributed by atoms with Gasteiger partial charge in [0, 0.05) is 29.3 Å². The Morgan fingerprint density at radius 2 is 1.72 bits per heavy atom. The largest absolute Gasteiger partial charge is 0.459 e. The molecule has 1 aliphatic heterocycles. The van der Waals surface area contributed by atoms with Crippen molar-refractivity contribution < 1.29 is 18.7 Å². The predicted octanol–water partition coefficient (Wildman–Crippen LogP) is 5.06. The van der Waals surface area contributed by atoms with Gasteiger partial charge in [0.25, 0.3) is 0 Å². The fourth-order valence-electron chi connectivity index (χ4n) is 4.82. The fourth-order valence-corrected chi connectivity index (χ4v) is 4.82. The Balaban J connectivity index is 1.70. The number of rotatable bonds is 3. The third-order valence-corrected chi connectivity index (χ3v) is 6.28. The van der Waals surface area contributed by atoms with Crippen LogP contribution in [0.5, 0.6) is 0 Å². The molecule has 0 aromatic heterocycles. The van der Waals surface area contributed by atoms with Gasteiger partial charge < -0.3 is 10.1 Å². The summed E-state index contributed by atoms with van der Waals surface area (Å²) < 4.78 is 19.5. The molecular formula is C24H28FNO3. The molecule has 1 N–H and O–H groups in total. The van der Waals surface area contributed by atoms with E-state index in [0.29, 0.717) is 17.6 Å². The number of halogens is 1. The van der Waals surface area contributed by atoms with Gasteiger partial charge in [0.2, 0.25) is 0 Å². The van der Waals surface area contributed by atoms with Crippen LogP contribution in [0.2, 0.25) is 0 Å². The molecule has 1 heterocycles. The number of nitrogens with one attached hydrogen (secondary N) is 1. The number of hydrogen-bond acceptors (Lipinski definition) is 4. The molecule has 2 aliphatic carbocycles. The van der Waals surface area contributed by atoms with Gasteiger partial charge in [-0.3, -0.25) is 4.79 Å². The molecule has 1 unspecified atom stereocenters. The molecule has 1 atom stereocenters. The molecule has 154 valence electrons. The highest BCUT2D eigenvalue weighted by Crippen LogP contribution is 2.42. The van der Waals surface area contributed by atoms with Crippen LogP contribution in [0, 0.1) is 5.82 Å². The van der Waals surface area contributed by atoms with E-state index in [4.69, 9.17) is 4.74 Å². The van der Waals surface area contributed by atoms with Crippen molar-refractivity contribution in [2.45, 2.75) is 76.7 Å². The van der Waals surface area contributed by atoms with E-state index in [-0.39, 0.29) is 23.7 Å². The molecule has 0 spiro atoms. The minimum Gasteiger partial charge on any atom is -0.459 e. The zero-order valence-electron chi connectivity index (χ0n) is 16.9. The zero-order chi connectivity index (χ0) is 20.4. The van der Waals surface area contributed by atoms with Crippen molar-refractivity contribution >= 4 is 11.8 Å². The number of esters is 1. The summed E-state index contributed by atoms with van der Waals surface area (Å²) in [5.41, 5.74) is 3.49. The number of dihydropyridines is 1. The van der Waals surface area contributed by atoms with Crippen molar-refractivity contribution in [1.29, 1.82) is 0 Å². The van der Waals surface area contributed by atoms with Gasteiger partial charge in [0.15, 0.2) is 5.78 Å². The van der Waals surface area contributed by atoms with Gasteiger partial charge in [-0.05, 0) is 63.1 Å². The number of allylic oxidation sites excluding steroid dienone is 3. The SMILES string of the molecule is CC1=C(C(=O)OC2CCCCCC2)C(c2ccc(F)cc2)C2=C(CCCC2=O)N1. The topological polar surface area (TPSA) is 55.4 Å². The second-order valence-corrected chi connectivity index (χ2v) is 8.34. The monoisotopic (exact) mass is 397 g/mol. The molecular weight excluding hydrogens is 369 g/mol. The molecule has 1 fully saturated rings. The Bertz CT molecular complexity index is 861. The van der Waals surface area contributed by atoms with Crippen molar-refractivity contribution in [3.05, 3.63) is 58.2 Å². The summed E-state index contributed by atoms with van der Waals surface area (Å²) in [6.45, 7) is 1.86. The first-order valence-corrected chi connectivity index (χ1v) is 10.7. The lowest BCUT2D eigenvalue weighted by molar-refractivity contribution is -0.145. The first kappa shape index (κ1) is 19.9. The van der Waals surface area contributed by atoms with E-state index in [1.165, 1.54) is 25.0 Å². The highest BCUT2D eigenvalue weighted by atomic mass is 19.1. The average molecular weight is 397 g/mol. The standard InChI is InChI=1S/C24H28FNO3/c1-15-21(24(28)29-18-7-4-2-3-5-8-18)22(16-11-13-17(25)14-12-16)23-19(26-15)9-6-10-20(23)27/h11-14,18,22,26H,2-10H2,1H3. The minimum atomic E-state index is -0.502. The van der Waals surface area contributed by atoms with E-state index in [1.807, 2.05) is 6.92 Å². The maximum atomic E-state index is 13.5. The number of ether oxygens (including phenoxy) is 1. The first-order chi connectivity index (χ1) is 14.0. The van der Waals surface area contributed by atoms with Crippen LogP contribution < -0.4 is 5.32 Å². The van der Waals surface area contributed by atoms with Gasteiger partial charge in [-0.1, -0.05) is 25.0 Å². The summed E-state index contributed by atoms with van der Waals surface area (Å²) in [5.74, 6) is -1.14. The van der Waals surface area contributed by atoms with Crippen molar-refractivity contribution in [2.24, 2.45) is 0 Å². The summed E-state index contributed by atoms with van der Waals surface area (Å²) in [5, 5.41) is 3.30. The number of hydrogen-bond donors (Lipinski definition) is 1. The van der Waals surface area contributed by atoms with Crippen molar-refractivity contribution in [3.63, 3.8) is 0 Å². The molecule has 29 heavy (non-hydrogen) atoms. The third-order valence-electron chi connectivity index (χ3n) is 6.28. The number of carbonyl (C=O) groups excluding carboxylic acids is 2. The van der Waals surface area contributed by atoms with E-state index < -0.39 is 5.92 Å². The normalized spacial score (nSPS) is 23.4. The maximum Gasteiger partial charge on any atom is 0.337 e. The molecule has 0 bridgehead atoms. The van der Waals surface area contributed by atoms with Gasteiger partial charge in [0.1, 0.15) is 11.9 Å². The summed E-state index contributed by atoms with van der Waals surface area (Å²) >= 11 is 0. The summed E-state index contributed by atoms with van der Waals surface area (Å²) in [4.78, 5) is 26.1. The van der Waals surface area contributed by atoms with Gasteiger partial charge in [-0.25, -0.2) is 9.18 Å². The van der Waals surface area contributed by atoms with Crippen molar-refractivity contribution in [2.75, 3.05) is 0 Å². The van der Waals surface area contributed by atoms with Crippen LogP contribution in [0.15, 0.2) is 46.8 Å². The van der Waals surface area contributed by atoms with Crippen LogP contribution in [0.25, 0.3) is 0 Å². The molecule has 3 aliphatic rings. The molecule has 0 radical (unpaired) electrons. The summed E-state index contributed by atoms with van der Waals surface area (Å²) in [6, 6.07) is 6.11. The Kier molecular flexibility index (Phi) is 5.84. The lowest BCUT2D eigenvalue weighted by Gasteiger charge is -2.34. The third kappa shape index (κ3) is 4.14. The number of benzene rings is 1. The minimum absolute atomic E-state index is 0.0559. The lowest BCUT2D eigenvalue weighted by Crippen LogP contribution is -2.35. The highest BCUT2D eigenvalue weighted by molar-refractivity contribution is 6.03. The molecule has 4 rings (SSSR count). The van der Waals surface area contributed by atoms with Crippen LogP contribution in [-0.4, -0.2) is 17.9 Å². The molecule has 0 saturated heterocycles. The van der Waals surface area contributed by atoms with E-state index in [9.17, 15) is 14.0 Å². The second-order valence-electron chi connectivity index (χ2n) is 8.34. The quantitative estimate of drug-likeness (QED) is 0.572. The van der Waals surface area contributed by atoms with E-state index in [0.717, 1.165) is 55.5 Å². The average Bonchev–Trinajstić information content (AvgIpc) is 2.96. The van der Waals surface area contributed by atoms with Crippen molar-refractivity contribution in [3.8, 4) is 0 Å². The Labute approximate surface area is 171 Å². The number of Topliss-reactive ketones (excluding diaryl/α,β-unsaturated/α-hetero) is 1. The summed E-state index contributed by atoms with van der Waals surface area (Å²) in [7, 11) is 0. The number of carbonyl (C=O) groups is 2. The van der Waals surface area contributed by atoms with Gasteiger partial charge >= 0.3 is 5.97 Å². The predicted molar refractivity (Wildman–Crippen MR) is 108 cm³/mol. The Morgan fingerprint density at radius 1 is 1.03 bits per heavy atom. The van der Waals surface area contributed by atoms with E-state index >= 15 is 0 Å². The van der Waals surface area contributed by atoms with Gasteiger partial charge in [0.05, 0.1) is 5.57 Å². The molecule has 5 heteroatoms. The smallest absolute Gasteiger partial charge is 0.337 e. The molecule has 1 aromatic rings. The van der Waals surface area contributed by atoms with Crippen molar-refractivity contribution in [1.82, 2.24) is 5.32 Å². The molecule has 1 saturated carbocycles. The van der Waals surface area contributed by atoms with Crippen LogP contribution in [-0.2, 0) is 14.3 Å². The molecule has 0 amide bonds.